The van der Waals surface area contributed by atoms with Gasteiger partial charge in [0.1, 0.15) is 0 Å². The average molecular weight is 139 g/mol. The molecule has 0 radical (unpaired) electrons. The zero-order valence-corrected chi connectivity index (χ0v) is 6.40. The molecule has 0 aliphatic heterocycles. The van der Waals surface area contributed by atoms with Crippen LogP contribution in [0.15, 0.2) is 23.2 Å². The SMILES string of the molecule is CSc1ccnc(C)c1. The van der Waals surface area contributed by atoms with Gasteiger partial charge in [-0.3, -0.25) is 4.98 Å². The third-order valence-corrected chi connectivity index (χ3v) is 1.83. The molecular formula is C7H9NS. The Labute approximate surface area is 59.5 Å². The van der Waals surface area contributed by atoms with Crippen molar-refractivity contribution in [2.75, 3.05) is 6.26 Å². The Morgan fingerprint density at radius 1 is 1.56 bits per heavy atom. The summed E-state index contributed by atoms with van der Waals surface area (Å²) in [4.78, 5) is 5.35. The molecular weight excluding hydrogens is 130 g/mol. The van der Waals surface area contributed by atoms with Crippen molar-refractivity contribution in [1.29, 1.82) is 0 Å². The van der Waals surface area contributed by atoms with Gasteiger partial charge in [-0.15, -0.1) is 11.8 Å². The first-order chi connectivity index (χ1) is 4.33. The van der Waals surface area contributed by atoms with Crippen molar-refractivity contribution >= 4 is 11.8 Å². The van der Waals surface area contributed by atoms with E-state index in [2.05, 4.69) is 17.3 Å². The molecule has 1 nitrogen and oxygen atoms in total. The van der Waals surface area contributed by atoms with E-state index in [1.54, 1.807) is 11.8 Å². The fraction of sp³-hybridized carbons (Fsp3) is 0.286. The maximum Gasteiger partial charge on any atom is 0.0383 e. The molecule has 0 spiro atoms. The van der Waals surface area contributed by atoms with Crippen LogP contribution in [0.3, 0.4) is 0 Å². The highest BCUT2D eigenvalue weighted by atomic mass is 32.2. The van der Waals surface area contributed by atoms with E-state index in [9.17, 15) is 0 Å². The van der Waals surface area contributed by atoms with Gasteiger partial charge in [-0.2, -0.15) is 0 Å². The van der Waals surface area contributed by atoms with E-state index in [-0.39, 0.29) is 0 Å². The fourth-order valence-corrected chi connectivity index (χ4v) is 1.13. The number of hydrogen-bond donors (Lipinski definition) is 0. The summed E-state index contributed by atoms with van der Waals surface area (Å²) in [6.07, 6.45) is 3.90. The van der Waals surface area contributed by atoms with Crippen molar-refractivity contribution in [1.82, 2.24) is 4.98 Å². The molecule has 0 unspecified atom stereocenters. The molecule has 0 saturated carbocycles. The molecule has 1 aromatic heterocycles. The molecule has 0 aliphatic rings. The van der Waals surface area contributed by atoms with Gasteiger partial charge >= 0.3 is 0 Å². The van der Waals surface area contributed by atoms with Crippen LogP contribution in [0.2, 0.25) is 0 Å². The summed E-state index contributed by atoms with van der Waals surface area (Å²) in [5.74, 6) is 0. The lowest BCUT2D eigenvalue weighted by Gasteiger charge is -1.94. The molecule has 0 atom stereocenters. The highest BCUT2D eigenvalue weighted by Crippen LogP contribution is 2.12. The summed E-state index contributed by atoms with van der Waals surface area (Å²) in [6.45, 7) is 2.00. The van der Waals surface area contributed by atoms with Gasteiger partial charge < -0.3 is 0 Å². The molecule has 0 fully saturated rings. The number of nitrogens with zero attached hydrogens (tertiary/aromatic N) is 1. The monoisotopic (exact) mass is 139 g/mol. The Hall–Kier alpha value is -0.500. The Balaban J connectivity index is 2.94. The fourth-order valence-electron chi connectivity index (χ4n) is 0.647. The molecule has 9 heavy (non-hydrogen) atoms. The number of aryl methyl sites for hydroxylation is 1. The second kappa shape index (κ2) is 2.87. The van der Waals surface area contributed by atoms with Crippen molar-refractivity contribution < 1.29 is 0 Å². The minimum absolute atomic E-state index is 1.09. The van der Waals surface area contributed by atoms with Gasteiger partial charge in [0, 0.05) is 16.8 Å². The largest absolute Gasteiger partial charge is 0.262 e. The summed E-state index contributed by atoms with van der Waals surface area (Å²) < 4.78 is 0. The van der Waals surface area contributed by atoms with E-state index in [1.165, 1.54) is 4.90 Å². The van der Waals surface area contributed by atoms with Crippen LogP contribution in [0.5, 0.6) is 0 Å². The molecule has 0 aromatic carbocycles. The van der Waals surface area contributed by atoms with Crippen LogP contribution >= 0.6 is 11.8 Å². The predicted molar refractivity (Wildman–Crippen MR) is 40.8 cm³/mol. The molecule has 0 amide bonds. The first-order valence-electron chi connectivity index (χ1n) is 2.79. The zero-order valence-electron chi connectivity index (χ0n) is 5.59. The van der Waals surface area contributed by atoms with Crippen LogP contribution in [-0.2, 0) is 0 Å². The van der Waals surface area contributed by atoms with Gasteiger partial charge in [-0.1, -0.05) is 0 Å². The van der Waals surface area contributed by atoms with Gasteiger partial charge in [-0.05, 0) is 25.3 Å². The minimum atomic E-state index is 1.09. The molecule has 0 aliphatic carbocycles. The second-order valence-electron chi connectivity index (χ2n) is 1.84. The number of aromatic nitrogens is 1. The van der Waals surface area contributed by atoms with E-state index < -0.39 is 0 Å². The van der Waals surface area contributed by atoms with Gasteiger partial charge in [0.05, 0.1) is 0 Å². The quantitative estimate of drug-likeness (QED) is 0.553. The zero-order chi connectivity index (χ0) is 6.69. The maximum atomic E-state index is 4.07. The first kappa shape index (κ1) is 6.62. The molecule has 0 saturated heterocycles. The van der Waals surface area contributed by atoms with E-state index in [4.69, 9.17) is 0 Å². The third-order valence-electron chi connectivity index (χ3n) is 1.10. The average Bonchev–Trinajstić information content (AvgIpc) is 1.88. The van der Waals surface area contributed by atoms with Crippen LogP contribution in [0.4, 0.5) is 0 Å². The summed E-state index contributed by atoms with van der Waals surface area (Å²) in [7, 11) is 0. The summed E-state index contributed by atoms with van der Waals surface area (Å²) >= 11 is 1.74. The van der Waals surface area contributed by atoms with Crippen molar-refractivity contribution in [3.63, 3.8) is 0 Å². The van der Waals surface area contributed by atoms with Crippen molar-refractivity contribution in [2.24, 2.45) is 0 Å². The van der Waals surface area contributed by atoms with Crippen LogP contribution in [0, 0.1) is 6.92 Å². The molecule has 0 N–H and O–H groups in total. The Morgan fingerprint density at radius 2 is 2.33 bits per heavy atom. The van der Waals surface area contributed by atoms with E-state index in [0.717, 1.165) is 5.69 Å². The van der Waals surface area contributed by atoms with Crippen LogP contribution in [-0.4, -0.2) is 11.2 Å². The van der Waals surface area contributed by atoms with E-state index in [1.807, 2.05) is 19.2 Å². The number of pyridine rings is 1. The van der Waals surface area contributed by atoms with Gasteiger partial charge in [0.2, 0.25) is 0 Å². The Kier molecular flexibility index (Phi) is 2.11. The Morgan fingerprint density at radius 3 is 2.78 bits per heavy atom. The maximum absolute atomic E-state index is 4.07. The standard InChI is InChI=1S/C7H9NS/c1-6-5-7(9-2)3-4-8-6/h3-5H,1-2H3. The molecule has 1 heterocycles. The van der Waals surface area contributed by atoms with Gasteiger partial charge in [0.15, 0.2) is 0 Å². The summed E-state index contributed by atoms with van der Waals surface area (Å²) in [5, 5.41) is 0. The summed E-state index contributed by atoms with van der Waals surface area (Å²) in [5.41, 5.74) is 1.09. The molecule has 48 valence electrons. The van der Waals surface area contributed by atoms with Crippen LogP contribution < -0.4 is 0 Å². The van der Waals surface area contributed by atoms with Crippen molar-refractivity contribution in [3.05, 3.63) is 24.0 Å². The minimum Gasteiger partial charge on any atom is -0.262 e. The second-order valence-corrected chi connectivity index (χ2v) is 2.72. The molecule has 2 heteroatoms. The first-order valence-corrected chi connectivity index (χ1v) is 4.02. The third kappa shape index (κ3) is 1.72. The van der Waals surface area contributed by atoms with Crippen LogP contribution in [0.25, 0.3) is 0 Å². The number of rotatable bonds is 1. The predicted octanol–water partition coefficient (Wildman–Crippen LogP) is 2.11. The van der Waals surface area contributed by atoms with E-state index >= 15 is 0 Å². The smallest absolute Gasteiger partial charge is 0.0383 e. The lowest BCUT2D eigenvalue weighted by molar-refractivity contribution is 1.16. The highest BCUT2D eigenvalue weighted by Gasteiger charge is 1.87. The lowest BCUT2D eigenvalue weighted by Crippen LogP contribution is -1.77. The topological polar surface area (TPSA) is 12.9 Å². The highest BCUT2D eigenvalue weighted by molar-refractivity contribution is 7.98. The Bertz CT molecular complexity index is 198. The summed E-state index contributed by atoms with van der Waals surface area (Å²) in [6, 6.07) is 4.09. The van der Waals surface area contributed by atoms with Crippen LogP contribution in [0.1, 0.15) is 5.69 Å². The molecule has 0 bridgehead atoms. The normalized spacial score (nSPS) is 9.56. The van der Waals surface area contributed by atoms with E-state index in [0.29, 0.717) is 0 Å². The number of thioether (sulfide) groups is 1. The molecule has 1 rings (SSSR count). The number of hydrogen-bond acceptors (Lipinski definition) is 2. The van der Waals surface area contributed by atoms with Crippen molar-refractivity contribution in [2.45, 2.75) is 11.8 Å². The van der Waals surface area contributed by atoms with Gasteiger partial charge in [-0.25, -0.2) is 0 Å². The van der Waals surface area contributed by atoms with Gasteiger partial charge in [0.25, 0.3) is 0 Å². The molecule has 1 aromatic rings. The lowest BCUT2D eigenvalue weighted by atomic mass is 10.4. The van der Waals surface area contributed by atoms with Crippen molar-refractivity contribution in [3.8, 4) is 0 Å².